The highest BCUT2D eigenvalue weighted by Gasteiger charge is 2.31. The number of aryl methyl sites for hydroxylation is 2. The summed E-state index contributed by atoms with van der Waals surface area (Å²) in [7, 11) is 0. The van der Waals surface area contributed by atoms with E-state index in [4.69, 9.17) is 5.41 Å². The predicted octanol–water partition coefficient (Wildman–Crippen LogP) is 5.07. The van der Waals surface area contributed by atoms with Gasteiger partial charge in [-0.25, -0.2) is 4.98 Å². The van der Waals surface area contributed by atoms with Gasteiger partial charge < -0.3 is 15.0 Å². The molecule has 0 amide bonds. The van der Waals surface area contributed by atoms with Crippen molar-refractivity contribution < 1.29 is 5.11 Å². The molecule has 3 N–H and O–H groups in total. The van der Waals surface area contributed by atoms with Crippen LogP contribution >= 0.6 is 0 Å². The standard InChI is InChI=1S/C22H24N4O/c1-12(2)15-5-7-16(8-6-15)26-11-19(27)20(21(26)23)22-24-17-9-13(3)14(4)10-18(17)25-22/h5-10,12,23,27H,11H2,1-4H3,(H,24,25). The van der Waals surface area contributed by atoms with Crippen molar-refractivity contribution in [2.45, 2.75) is 33.6 Å². The molecule has 1 aliphatic rings. The molecule has 0 fully saturated rings. The average molecular weight is 360 g/mol. The zero-order valence-electron chi connectivity index (χ0n) is 16.1. The summed E-state index contributed by atoms with van der Waals surface area (Å²) < 4.78 is 0. The quantitative estimate of drug-likeness (QED) is 0.610. The van der Waals surface area contributed by atoms with Crippen LogP contribution in [0.15, 0.2) is 42.2 Å². The number of hydrogen-bond donors (Lipinski definition) is 3. The van der Waals surface area contributed by atoms with Crippen molar-refractivity contribution in [1.82, 2.24) is 9.97 Å². The molecule has 0 atom stereocenters. The molecule has 4 rings (SSSR count). The first-order chi connectivity index (χ1) is 12.8. The van der Waals surface area contributed by atoms with Crippen LogP contribution in [0, 0.1) is 19.3 Å². The molecule has 2 heterocycles. The van der Waals surface area contributed by atoms with E-state index < -0.39 is 0 Å². The van der Waals surface area contributed by atoms with Gasteiger partial charge in [-0.1, -0.05) is 26.0 Å². The van der Waals surface area contributed by atoms with Gasteiger partial charge in [-0.3, -0.25) is 5.41 Å². The van der Waals surface area contributed by atoms with Crippen molar-refractivity contribution in [3.05, 3.63) is 64.7 Å². The largest absolute Gasteiger partial charge is 0.509 e. The number of nitrogens with zero attached hydrogens (tertiary/aromatic N) is 2. The normalized spacial score (nSPS) is 14.9. The minimum Gasteiger partial charge on any atom is -0.509 e. The van der Waals surface area contributed by atoms with Crippen LogP contribution in [0.25, 0.3) is 16.6 Å². The monoisotopic (exact) mass is 360 g/mol. The van der Waals surface area contributed by atoms with Crippen molar-refractivity contribution >= 4 is 28.1 Å². The summed E-state index contributed by atoms with van der Waals surface area (Å²) >= 11 is 0. The first-order valence-electron chi connectivity index (χ1n) is 9.21. The van der Waals surface area contributed by atoms with Crippen LogP contribution in [-0.2, 0) is 0 Å². The Hall–Kier alpha value is -3.08. The lowest BCUT2D eigenvalue weighted by Gasteiger charge is -2.19. The summed E-state index contributed by atoms with van der Waals surface area (Å²) in [4.78, 5) is 9.69. The Morgan fingerprint density at radius 3 is 2.44 bits per heavy atom. The second-order valence-corrected chi connectivity index (χ2v) is 7.54. The molecule has 0 saturated heterocycles. The van der Waals surface area contributed by atoms with Gasteiger partial charge in [-0.05, 0) is 60.7 Å². The van der Waals surface area contributed by atoms with E-state index in [2.05, 4.69) is 55.9 Å². The molecule has 3 aromatic rings. The van der Waals surface area contributed by atoms with E-state index >= 15 is 0 Å². The van der Waals surface area contributed by atoms with E-state index in [1.54, 1.807) is 4.90 Å². The van der Waals surface area contributed by atoms with Crippen LogP contribution in [0.3, 0.4) is 0 Å². The zero-order chi connectivity index (χ0) is 19.3. The number of fused-ring (bicyclic) bond motifs is 1. The topological polar surface area (TPSA) is 76.0 Å². The molecule has 1 aromatic heterocycles. The van der Waals surface area contributed by atoms with Gasteiger partial charge >= 0.3 is 0 Å². The lowest BCUT2D eigenvalue weighted by Crippen LogP contribution is -2.26. The minimum absolute atomic E-state index is 0.167. The van der Waals surface area contributed by atoms with Crippen molar-refractivity contribution in [3.8, 4) is 0 Å². The Kier molecular flexibility index (Phi) is 4.02. The Morgan fingerprint density at radius 1 is 1.11 bits per heavy atom. The summed E-state index contributed by atoms with van der Waals surface area (Å²) in [5.74, 6) is 1.43. The maximum atomic E-state index is 10.6. The fraction of sp³-hybridized carbons (Fsp3) is 0.273. The highest BCUT2D eigenvalue weighted by Crippen LogP contribution is 2.32. The molecule has 0 spiro atoms. The Bertz CT molecular complexity index is 1030. The highest BCUT2D eigenvalue weighted by molar-refractivity contribution is 6.30. The average Bonchev–Trinajstić information content (AvgIpc) is 3.15. The number of hydrogen-bond acceptors (Lipinski definition) is 3. The van der Waals surface area contributed by atoms with Gasteiger partial charge in [0, 0.05) is 5.69 Å². The molecule has 2 aromatic carbocycles. The maximum absolute atomic E-state index is 10.6. The van der Waals surface area contributed by atoms with Crippen molar-refractivity contribution in [3.63, 3.8) is 0 Å². The molecule has 0 saturated carbocycles. The smallest absolute Gasteiger partial charge is 0.145 e. The fourth-order valence-corrected chi connectivity index (χ4v) is 3.48. The number of aromatic nitrogens is 2. The van der Waals surface area contributed by atoms with Gasteiger partial charge in [-0.2, -0.15) is 0 Å². The van der Waals surface area contributed by atoms with Crippen LogP contribution in [0.4, 0.5) is 5.69 Å². The summed E-state index contributed by atoms with van der Waals surface area (Å²) in [5.41, 5.74) is 6.74. The van der Waals surface area contributed by atoms with E-state index in [1.165, 1.54) is 16.7 Å². The van der Waals surface area contributed by atoms with Crippen LogP contribution in [0.2, 0.25) is 0 Å². The molecular formula is C22H24N4O. The molecule has 0 bridgehead atoms. The number of benzene rings is 2. The van der Waals surface area contributed by atoms with Gasteiger partial charge in [0.15, 0.2) is 0 Å². The second-order valence-electron chi connectivity index (χ2n) is 7.54. The number of aliphatic hydroxyl groups excluding tert-OH is 1. The number of aromatic amines is 1. The summed E-state index contributed by atoms with van der Waals surface area (Å²) in [5, 5.41) is 19.2. The van der Waals surface area contributed by atoms with Crippen LogP contribution in [0.1, 0.15) is 42.3 Å². The van der Waals surface area contributed by atoms with Crippen molar-refractivity contribution in [1.29, 1.82) is 5.41 Å². The zero-order valence-corrected chi connectivity index (χ0v) is 16.1. The Morgan fingerprint density at radius 2 is 1.78 bits per heavy atom. The second kappa shape index (κ2) is 6.27. The van der Waals surface area contributed by atoms with Crippen LogP contribution < -0.4 is 4.90 Å². The van der Waals surface area contributed by atoms with Gasteiger partial charge in [0.1, 0.15) is 17.4 Å². The lowest BCUT2D eigenvalue weighted by atomic mass is 10.0. The number of anilines is 1. The third-order valence-electron chi connectivity index (χ3n) is 5.31. The van der Waals surface area contributed by atoms with Crippen LogP contribution in [-0.4, -0.2) is 27.5 Å². The van der Waals surface area contributed by atoms with E-state index in [9.17, 15) is 5.11 Å². The minimum atomic E-state index is 0.167. The predicted molar refractivity (Wildman–Crippen MR) is 111 cm³/mol. The molecule has 0 aliphatic carbocycles. The van der Waals surface area contributed by atoms with E-state index in [0.717, 1.165) is 16.7 Å². The number of amidine groups is 1. The van der Waals surface area contributed by atoms with Gasteiger partial charge in [-0.15, -0.1) is 0 Å². The third kappa shape index (κ3) is 2.89. The van der Waals surface area contributed by atoms with Gasteiger partial charge in [0.05, 0.1) is 23.2 Å². The van der Waals surface area contributed by atoms with E-state index in [-0.39, 0.29) is 18.1 Å². The lowest BCUT2D eigenvalue weighted by molar-refractivity contribution is 0.411. The highest BCUT2D eigenvalue weighted by atomic mass is 16.3. The Labute approximate surface area is 158 Å². The third-order valence-corrected chi connectivity index (χ3v) is 5.31. The van der Waals surface area contributed by atoms with Crippen molar-refractivity contribution in [2.24, 2.45) is 0 Å². The van der Waals surface area contributed by atoms with Gasteiger partial charge in [0.2, 0.25) is 0 Å². The first kappa shape index (κ1) is 17.3. The molecular weight excluding hydrogens is 336 g/mol. The molecule has 0 radical (unpaired) electrons. The SMILES string of the molecule is Cc1cc2nc(C3=C(O)CN(c4ccc(C(C)C)cc4)C3=N)[nH]c2cc1C. The number of imidazole rings is 1. The number of H-pyrrole nitrogens is 1. The van der Waals surface area contributed by atoms with Crippen molar-refractivity contribution in [2.75, 3.05) is 11.4 Å². The molecule has 27 heavy (non-hydrogen) atoms. The summed E-state index contributed by atoms with van der Waals surface area (Å²) in [6.07, 6.45) is 0. The number of nitrogens with one attached hydrogen (secondary N) is 2. The summed E-state index contributed by atoms with van der Waals surface area (Å²) in [6, 6.07) is 12.3. The van der Waals surface area contributed by atoms with E-state index in [1.807, 2.05) is 18.2 Å². The molecule has 5 heteroatoms. The molecule has 5 nitrogen and oxygen atoms in total. The van der Waals surface area contributed by atoms with E-state index in [0.29, 0.717) is 17.3 Å². The number of rotatable bonds is 3. The fourth-order valence-electron chi connectivity index (χ4n) is 3.48. The van der Waals surface area contributed by atoms with Gasteiger partial charge in [0.25, 0.3) is 0 Å². The number of aliphatic hydroxyl groups is 1. The van der Waals surface area contributed by atoms with Crippen LogP contribution in [0.5, 0.6) is 0 Å². The maximum Gasteiger partial charge on any atom is 0.145 e. The Balaban J connectivity index is 1.68. The first-order valence-corrected chi connectivity index (χ1v) is 9.21. The molecule has 1 aliphatic heterocycles. The summed E-state index contributed by atoms with van der Waals surface area (Å²) in [6.45, 7) is 8.71. The molecule has 0 unspecified atom stereocenters. The molecule has 138 valence electrons.